The number of benzene rings is 1. The van der Waals surface area contributed by atoms with Crippen LogP contribution in [0.2, 0.25) is 0 Å². The summed E-state index contributed by atoms with van der Waals surface area (Å²) in [6.45, 7) is 4.80. The van der Waals surface area contributed by atoms with Crippen LogP contribution < -0.4 is 14.8 Å². The number of halogens is 1. The fourth-order valence-corrected chi connectivity index (χ4v) is 5.13. The maximum absolute atomic E-state index is 14.1. The third-order valence-electron chi connectivity index (χ3n) is 5.37. The first-order chi connectivity index (χ1) is 14.6. The van der Waals surface area contributed by atoms with Gasteiger partial charge < -0.3 is 9.64 Å². The molecule has 3 amide bonds. The summed E-state index contributed by atoms with van der Waals surface area (Å²) in [7, 11) is -3.52. The van der Waals surface area contributed by atoms with Gasteiger partial charge in [-0.15, -0.1) is 0 Å². The van der Waals surface area contributed by atoms with E-state index >= 15 is 0 Å². The average Bonchev–Trinajstić information content (AvgIpc) is 3.37. The van der Waals surface area contributed by atoms with Crippen LogP contribution in [0.15, 0.2) is 18.2 Å². The number of carbonyl (C=O) groups excluding carboxylic acids is 2. The largest absolute Gasteiger partial charge is 0.490 e. The molecule has 0 spiro atoms. The number of nitrogens with zero attached hydrogens (tertiary/aromatic N) is 1. The second-order valence-electron chi connectivity index (χ2n) is 8.69. The molecule has 8 nitrogen and oxygen atoms in total. The topological polar surface area (TPSA) is 105 Å². The van der Waals surface area contributed by atoms with Gasteiger partial charge in [0.2, 0.25) is 15.9 Å². The number of sulfonamides is 1. The molecule has 1 aromatic carbocycles. The van der Waals surface area contributed by atoms with Crippen molar-refractivity contribution in [3.8, 4) is 5.75 Å². The average molecular weight is 456 g/mol. The Bertz CT molecular complexity index is 931. The quantitative estimate of drug-likeness (QED) is 0.372. The van der Waals surface area contributed by atoms with Crippen molar-refractivity contribution < 1.29 is 27.1 Å². The van der Waals surface area contributed by atoms with Crippen LogP contribution in [0.25, 0.3) is 0 Å². The molecule has 0 aromatic heterocycles. The van der Waals surface area contributed by atoms with Crippen molar-refractivity contribution in [1.82, 2.24) is 14.9 Å². The van der Waals surface area contributed by atoms with Gasteiger partial charge in [0, 0.05) is 6.54 Å². The molecule has 0 bridgehead atoms. The molecule has 1 aliphatic carbocycles. The Balaban J connectivity index is 1.49. The lowest BCUT2D eigenvalue weighted by Gasteiger charge is -2.20. The molecule has 1 aliphatic heterocycles. The third kappa shape index (κ3) is 6.39. The lowest BCUT2D eigenvalue weighted by Crippen LogP contribution is -2.36. The number of nitrogens with one attached hydrogen (secondary N) is 2. The molecule has 1 saturated carbocycles. The summed E-state index contributed by atoms with van der Waals surface area (Å²) in [5.74, 6) is -0.419. The minimum Gasteiger partial charge on any atom is -0.490 e. The Morgan fingerprint density at radius 3 is 2.58 bits per heavy atom. The van der Waals surface area contributed by atoms with Crippen LogP contribution in [0.5, 0.6) is 5.75 Å². The molecule has 1 aromatic rings. The van der Waals surface area contributed by atoms with E-state index in [9.17, 15) is 22.4 Å². The van der Waals surface area contributed by atoms with E-state index in [4.69, 9.17) is 4.74 Å². The molecule has 3 rings (SSSR count). The van der Waals surface area contributed by atoms with Gasteiger partial charge in [-0.3, -0.25) is 10.1 Å². The van der Waals surface area contributed by atoms with Gasteiger partial charge in [-0.1, -0.05) is 26.3 Å². The Morgan fingerprint density at radius 2 is 1.97 bits per heavy atom. The van der Waals surface area contributed by atoms with Gasteiger partial charge >= 0.3 is 6.03 Å². The smallest absolute Gasteiger partial charge is 0.324 e. The number of rotatable bonds is 12. The zero-order valence-corrected chi connectivity index (χ0v) is 18.8. The number of amides is 3. The Labute approximate surface area is 182 Å². The molecule has 2 aliphatic rings. The molecule has 31 heavy (non-hydrogen) atoms. The van der Waals surface area contributed by atoms with Gasteiger partial charge in [0.1, 0.15) is 6.54 Å². The lowest BCUT2D eigenvalue weighted by molar-refractivity contribution is -0.118. The van der Waals surface area contributed by atoms with Crippen molar-refractivity contribution in [2.45, 2.75) is 51.5 Å². The van der Waals surface area contributed by atoms with Gasteiger partial charge in [0.05, 0.1) is 17.9 Å². The van der Waals surface area contributed by atoms with Crippen molar-refractivity contribution in [2.24, 2.45) is 5.92 Å². The first kappa shape index (κ1) is 23.5. The van der Waals surface area contributed by atoms with E-state index in [2.05, 4.69) is 10.0 Å². The second-order valence-corrected chi connectivity index (χ2v) is 10.5. The monoisotopic (exact) mass is 455 g/mol. The molecule has 2 fully saturated rings. The molecule has 172 valence electrons. The van der Waals surface area contributed by atoms with Crippen molar-refractivity contribution in [3.05, 3.63) is 29.6 Å². The Kier molecular flexibility index (Phi) is 7.20. The SMILES string of the molecule is CC(C)COc1cc(C2(NS(=O)(=O)CCCCCN3CC(=O)NC3=O)CC2)ccc1F. The lowest BCUT2D eigenvalue weighted by atomic mass is 10.1. The van der Waals surface area contributed by atoms with Gasteiger partial charge in [-0.25, -0.2) is 22.3 Å². The molecule has 0 radical (unpaired) electrons. The minimum atomic E-state index is -3.52. The van der Waals surface area contributed by atoms with E-state index < -0.39 is 27.4 Å². The maximum atomic E-state index is 14.1. The molecule has 0 unspecified atom stereocenters. The maximum Gasteiger partial charge on any atom is 0.324 e. The third-order valence-corrected chi connectivity index (χ3v) is 6.89. The highest BCUT2D eigenvalue weighted by molar-refractivity contribution is 7.89. The van der Waals surface area contributed by atoms with Crippen LogP contribution in [0, 0.1) is 11.7 Å². The van der Waals surface area contributed by atoms with Crippen molar-refractivity contribution in [1.29, 1.82) is 0 Å². The van der Waals surface area contributed by atoms with Crippen LogP contribution in [-0.4, -0.2) is 50.7 Å². The number of hydrogen-bond donors (Lipinski definition) is 2. The van der Waals surface area contributed by atoms with E-state index in [-0.39, 0.29) is 29.9 Å². The number of ether oxygens (including phenoxy) is 1. The predicted molar refractivity (Wildman–Crippen MR) is 114 cm³/mol. The molecular weight excluding hydrogens is 425 g/mol. The van der Waals surface area contributed by atoms with Crippen molar-refractivity contribution in [3.63, 3.8) is 0 Å². The fourth-order valence-electron chi connectivity index (χ4n) is 3.53. The van der Waals surface area contributed by atoms with E-state index in [1.807, 2.05) is 13.8 Å². The highest BCUT2D eigenvalue weighted by Gasteiger charge is 2.47. The summed E-state index contributed by atoms with van der Waals surface area (Å²) in [6, 6.07) is 4.12. The highest BCUT2D eigenvalue weighted by Crippen LogP contribution is 2.47. The molecule has 1 heterocycles. The second kappa shape index (κ2) is 9.52. The van der Waals surface area contributed by atoms with Crippen molar-refractivity contribution in [2.75, 3.05) is 25.4 Å². The van der Waals surface area contributed by atoms with Crippen LogP contribution in [0.3, 0.4) is 0 Å². The fraction of sp³-hybridized carbons (Fsp3) is 0.619. The molecule has 2 N–H and O–H groups in total. The van der Waals surface area contributed by atoms with Crippen molar-refractivity contribution >= 4 is 22.0 Å². The minimum absolute atomic E-state index is 0.0300. The summed E-state index contributed by atoms with van der Waals surface area (Å²) in [4.78, 5) is 24.1. The molecular formula is C21H30FN3O5S. The number of unbranched alkanes of at least 4 members (excludes halogenated alkanes) is 2. The van der Waals surface area contributed by atoms with Crippen LogP contribution in [-0.2, 0) is 20.4 Å². The standard InChI is InChI=1S/C21H30FN3O5S/c1-15(2)14-30-18-12-16(6-7-17(18)22)21(8-9-21)24-31(28,29)11-5-3-4-10-25-13-19(26)23-20(25)27/h6-7,12,15,24H,3-5,8-11,13-14H2,1-2H3,(H,23,26,27). The molecule has 1 saturated heterocycles. The first-order valence-corrected chi connectivity index (χ1v) is 12.3. The van der Waals surface area contributed by atoms with Gasteiger partial charge in [0.25, 0.3) is 0 Å². The zero-order chi connectivity index (χ0) is 22.6. The van der Waals surface area contributed by atoms with E-state index in [1.165, 1.54) is 11.0 Å². The molecule has 0 atom stereocenters. The van der Waals surface area contributed by atoms with Crippen LogP contribution in [0.4, 0.5) is 9.18 Å². The van der Waals surface area contributed by atoms with Gasteiger partial charge in [-0.05, 0) is 49.3 Å². The summed E-state index contributed by atoms with van der Waals surface area (Å²) >= 11 is 0. The summed E-state index contributed by atoms with van der Waals surface area (Å²) < 4.78 is 47.6. The summed E-state index contributed by atoms with van der Waals surface area (Å²) in [5.41, 5.74) is 0.0113. The van der Waals surface area contributed by atoms with E-state index in [0.29, 0.717) is 50.8 Å². The summed E-state index contributed by atoms with van der Waals surface area (Å²) in [6.07, 6.45) is 2.99. The molecule has 10 heteroatoms. The van der Waals surface area contributed by atoms with Gasteiger partial charge in [0.15, 0.2) is 11.6 Å². The predicted octanol–water partition coefficient (Wildman–Crippen LogP) is 2.49. The number of carbonyl (C=O) groups is 2. The normalized spacial score (nSPS) is 17.9. The Morgan fingerprint density at radius 1 is 1.23 bits per heavy atom. The Hall–Kier alpha value is -2.20. The van der Waals surface area contributed by atoms with E-state index in [1.54, 1.807) is 12.1 Å². The number of imide groups is 1. The zero-order valence-electron chi connectivity index (χ0n) is 17.9. The van der Waals surface area contributed by atoms with E-state index in [0.717, 1.165) is 0 Å². The first-order valence-electron chi connectivity index (χ1n) is 10.6. The summed E-state index contributed by atoms with van der Waals surface area (Å²) in [5, 5.41) is 2.21. The number of urea groups is 1. The van der Waals surface area contributed by atoms with Crippen LogP contribution >= 0.6 is 0 Å². The van der Waals surface area contributed by atoms with Crippen LogP contribution in [0.1, 0.15) is 51.5 Å². The van der Waals surface area contributed by atoms with Gasteiger partial charge in [-0.2, -0.15) is 0 Å². The number of hydrogen-bond acceptors (Lipinski definition) is 5. The highest BCUT2D eigenvalue weighted by atomic mass is 32.2.